The van der Waals surface area contributed by atoms with Crippen molar-refractivity contribution in [2.75, 3.05) is 13.1 Å². The van der Waals surface area contributed by atoms with E-state index in [4.69, 9.17) is 0 Å². The van der Waals surface area contributed by atoms with Crippen molar-refractivity contribution in [2.45, 2.75) is 31.5 Å². The first kappa shape index (κ1) is 16.9. The molecule has 4 rings (SSSR count). The number of halogens is 3. The van der Waals surface area contributed by atoms with E-state index in [0.29, 0.717) is 18.8 Å². The molecule has 0 radical (unpaired) electrons. The van der Waals surface area contributed by atoms with Crippen LogP contribution >= 0.6 is 0 Å². The highest BCUT2D eigenvalue weighted by molar-refractivity contribution is 5.33. The van der Waals surface area contributed by atoms with E-state index in [1.807, 2.05) is 18.2 Å². The smallest absolute Gasteiger partial charge is 0.297 e. The normalized spacial score (nSPS) is 19.1. The van der Waals surface area contributed by atoms with E-state index in [2.05, 4.69) is 25.0 Å². The molecule has 4 heterocycles. The van der Waals surface area contributed by atoms with Crippen molar-refractivity contribution in [1.29, 1.82) is 0 Å². The van der Waals surface area contributed by atoms with Crippen LogP contribution in [0.5, 0.6) is 0 Å². The third kappa shape index (κ3) is 3.39. The Kier molecular flexibility index (Phi) is 4.31. The average Bonchev–Trinajstić information content (AvgIpc) is 3.09. The lowest BCUT2D eigenvalue weighted by Gasteiger charge is -2.32. The fourth-order valence-electron chi connectivity index (χ4n) is 3.40. The predicted octanol–water partition coefficient (Wildman–Crippen LogP) is 2.92. The maximum absolute atomic E-state index is 13.4. The molecule has 3 aromatic rings. The number of hydrogen-bond donors (Lipinski definition) is 0. The first-order chi connectivity index (χ1) is 12.5. The second-order valence-electron chi connectivity index (χ2n) is 6.43. The summed E-state index contributed by atoms with van der Waals surface area (Å²) < 4.78 is 40.9. The molecule has 1 saturated heterocycles. The van der Waals surface area contributed by atoms with E-state index in [1.165, 1.54) is 0 Å². The molecule has 1 aliphatic heterocycles. The summed E-state index contributed by atoms with van der Waals surface area (Å²) in [6, 6.07) is 6.85. The molecule has 136 valence electrons. The summed E-state index contributed by atoms with van der Waals surface area (Å²) in [5.41, 5.74) is 0.533. The molecule has 0 saturated carbocycles. The number of aromatic nitrogens is 5. The molecule has 0 N–H and O–H groups in total. The maximum Gasteiger partial charge on any atom is 0.433 e. The Balaban J connectivity index is 1.60. The van der Waals surface area contributed by atoms with Crippen molar-refractivity contribution in [3.63, 3.8) is 0 Å². The van der Waals surface area contributed by atoms with Crippen molar-refractivity contribution in [2.24, 2.45) is 0 Å². The first-order valence-electron chi connectivity index (χ1n) is 8.41. The molecule has 1 atom stereocenters. The third-order valence-electron chi connectivity index (χ3n) is 4.60. The van der Waals surface area contributed by atoms with Crippen LogP contribution in [0.15, 0.2) is 36.8 Å². The van der Waals surface area contributed by atoms with E-state index in [0.717, 1.165) is 42.0 Å². The van der Waals surface area contributed by atoms with Crippen LogP contribution < -0.4 is 0 Å². The van der Waals surface area contributed by atoms with Crippen molar-refractivity contribution in [1.82, 2.24) is 29.5 Å². The molecule has 0 spiro atoms. The monoisotopic (exact) mass is 362 g/mol. The van der Waals surface area contributed by atoms with Crippen LogP contribution in [-0.4, -0.2) is 42.6 Å². The lowest BCUT2D eigenvalue weighted by atomic mass is 9.94. The second-order valence-corrected chi connectivity index (χ2v) is 6.43. The highest BCUT2D eigenvalue weighted by atomic mass is 19.4. The Morgan fingerprint density at radius 2 is 2.08 bits per heavy atom. The Bertz CT molecular complexity index is 892. The van der Waals surface area contributed by atoms with E-state index in [-0.39, 0.29) is 11.7 Å². The topological polar surface area (TPSA) is 59.2 Å². The summed E-state index contributed by atoms with van der Waals surface area (Å²) in [7, 11) is 0. The number of hydrogen-bond acceptors (Lipinski definition) is 5. The van der Waals surface area contributed by atoms with Gasteiger partial charge in [-0.25, -0.2) is 4.98 Å². The Morgan fingerprint density at radius 3 is 2.85 bits per heavy atom. The molecular formula is C17H17F3N6. The number of likely N-dealkylation sites (tertiary alicyclic amines) is 1. The van der Waals surface area contributed by atoms with Crippen LogP contribution in [0.1, 0.15) is 35.8 Å². The minimum Gasteiger partial charge on any atom is -0.297 e. The highest BCUT2D eigenvalue weighted by Gasteiger charge is 2.36. The van der Waals surface area contributed by atoms with E-state index in [9.17, 15) is 13.2 Å². The average molecular weight is 362 g/mol. The van der Waals surface area contributed by atoms with E-state index >= 15 is 0 Å². The van der Waals surface area contributed by atoms with Crippen LogP contribution in [0.2, 0.25) is 0 Å². The van der Waals surface area contributed by atoms with Gasteiger partial charge in [-0.3, -0.25) is 9.88 Å². The van der Waals surface area contributed by atoms with Crippen LogP contribution in [-0.2, 0) is 12.7 Å². The molecule has 0 aromatic carbocycles. The zero-order valence-corrected chi connectivity index (χ0v) is 13.9. The highest BCUT2D eigenvalue weighted by Crippen LogP contribution is 2.33. The zero-order valence-electron chi connectivity index (χ0n) is 13.9. The minimum absolute atomic E-state index is 0.0170. The number of rotatable bonds is 3. The predicted molar refractivity (Wildman–Crippen MR) is 87.3 cm³/mol. The van der Waals surface area contributed by atoms with Gasteiger partial charge in [0.25, 0.3) is 5.78 Å². The van der Waals surface area contributed by atoms with Gasteiger partial charge in [-0.1, -0.05) is 6.07 Å². The van der Waals surface area contributed by atoms with Gasteiger partial charge in [0.15, 0.2) is 5.69 Å². The molecule has 3 aromatic heterocycles. The summed E-state index contributed by atoms with van der Waals surface area (Å²) in [5.74, 6) is -0.0908. The molecule has 0 bridgehead atoms. The SMILES string of the molecule is FC(F)(F)c1cc([C@@H]2CCCN(Cc3ccccn3)C2)nc2ncnn12. The summed E-state index contributed by atoms with van der Waals surface area (Å²) in [6.07, 6.45) is 0.0282. The van der Waals surface area contributed by atoms with Gasteiger partial charge in [-0.05, 0) is 37.6 Å². The summed E-state index contributed by atoms with van der Waals surface area (Å²) in [4.78, 5) is 14.7. The fourth-order valence-corrected chi connectivity index (χ4v) is 3.40. The van der Waals surface area contributed by atoms with Crippen molar-refractivity contribution < 1.29 is 13.2 Å². The second kappa shape index (κ2) is 6.64. The van der Waals surface area contributed by atoms with E-state index in [1.54, 1.807) is 6.20 Å². The number of pyridine rings is 1. The van der Waals surface area contributed by atoms with Crippen molar-refractivity contribution in [3.8, 4) is 0 Å². The number of piperidine rings is 1. The van der Waals surface area contributed by atoms with Gasteiger partial charge in [0.2, 0.25) is 0 Å². The van der Waals surface area contributed by atoms with Gasteiger partial charge in [-0.2, -0.15) is 27.8 Å². The van der Waals surface area contributed by atoms with Crippen LogP contribution in [0.3, 0.4) is 0 Å². The largest absolute Gasteiger partial charge is 0.433 e. The molecule has 26 heavy (non-hydrogen) atoms. The van der Waals surface area contributed by atoms with Gasteiger partial charge in [0, 0.05) is 25.2 Å². The van der Waals surface area contributed by atoms with Crippen LogP contribution in [0.25, 0.3) is 5.78 Å². The fraction of sp³-hybridized carbons (Fsp3) is 0.412. The lowest BCUT2D eigenvalue weighted by molar-refractivity contribution is -0.142. The standard InChI is InChI=1S/C17H17F3N6/c18-17(19,20)15-8-14(24-16-22-11-23-26(15)16)12-4-3-7-25(9-12)10-13-5-1-2-6-21-13/h1-2,5-6,8,11-12H,3-4,7,9-10H2/t12-/m1/s1. The lowest BCUT2D eigenvalue weighted by Crippen LogP contribution is -2.34. The zero-order chi connectivity index (χ0) is 18.1. The summed E-state index contributed by atoms with van der Waals surface area (Å²) in [6.45, 7) is 2.22. The number of fused-ring (bicyclic) bond motifs is 1. The van der Waals surface area contributed by atoms with Crippen LogP contribution in [0, 0.1) is 0 Å². The molecule has 6 nitrogen and oxygen atoms in total. The van der Waals surface area contributed by atoms with Gasteiger partial charge >= 0.3 is 6.18 Å². The molecule has 1 fully saturated rings. The van der Waals surface area contributed by atoms with Gasteiger partial charge < -0.3 is 0 Å². The molecule has 0 unspecified atom stereocenters. The van der Waals surface area contributed by atoms with Gasteiger partial charge in [-0.15, -0.1) is 0 Å². The third-order valence-corrected chi connectivity index (χ3v) is 4.60. The first-order valence-corrected chi connectivity index (χ1v) is 8.41. The Labute approximate surface area is 147 Å². The molecule has 1 aliphatic rings. The van der Waals surface area contributed by atoms with Crippen LogP contribution in [0.4, 0.5) is 13.2 Å². The van der Waals surface area contributed by atoms with Crippen molar-refractivity contribution in [3.05, 3.63) is 53.9 Å². The molecule has 0 aliphatic carbocycles. The minimum atomic E-state index is -4.51. The number of nitrogens with zero attached hydrogens (tertiary/aromatic N) is 6. The molecular weight excluding hydrogens is 345 g/mol. The summed E-state index contributed by atoms with van der Waals surface area (Å²) >= 11 is 0. The quantitative estimate of drug-likeness (QED) is 0.717. The van der Waals surface area contributed by atoms with Gasteiger partial charge in [0.05, 0.1) is 11.4 Å². The Morgan fingerprint density at radius 1 is 1.19 bits per heavy atom. The number of alkyl halides is 3. The Hall–Kier alpha value is -2.55. The summed E-state index contributed by atoms with van der Waals surface area (Å²) in [5, 5.41) is 3.65. The molecule has 9 heteroatoms. The van der Waals surface area contributed by atoms with Crippen molar-refractivity contribution >= 4 is 5.78 Å². The van der Waals surface area contributed by atoms with E-state index < -0.39 is 11.9 Å². The van der Waals surface area contributed by atoms with Gasteiger partial charge in [0.1, 0.15) is 6.33 Å². The molecule has 0 amide bonds. The maximum atomic E-state index is 13.4.